The van der Waals surface area contributed by atoms with E-state index < -0.39 is 12.1 Å². The minimum Gasteiger partial charge on any atom is -0.481 e. The fraction of sp³-hybridized carbons (Fsp3) is 0.444. The van der Waals surface area contributed by atoms with Crippen molar-refractivity contribution in [2.24, 2.45) is 11.3 Å². The first-order valence-corrected chi connectivity index (χ1v) is 12.0. The molecule has 1 spiro atoms. The van der Waals surface area contributed by atoms with Crippen molar-refractivity contribution in [2.45, 2.75) is 44.6 Å². The van der Waals surface area contributed by atoms with E-state index in [2.05, 4.69) is 29.6 Å². The second-order valence-corrected chi connectivity index (χ2v) is 9.91. The Morgan fingerprint density at radius 2 is 1.65 bits per heavy atom. The molecule has 1 aliphatic heterocycles. The molecule has 7 heteroatoms. The number of hydrogen-bond acceptors (Lipinski definition) is 4. The van der Waals surface area contributed by atoms with Crippen LogP contribution in [0.5, 0.6) is 0 Å². The Kier molecular flexibility index (Phi) is 5.80. The number of nitrogens with zero attached hydrogens (tertiary/aromatic N) is 1. The predicted octanol–water partition coefficient (Wildman–Crippen LogP) is 4.02. The number of carbonyl (C=O) groups excluding carboxylic acids is 2. The van der Waals surface area contributed by atoms with Crippen LogP contribution in [-0.2, 0) is 14.3 Å². The predicted molar refractivity (Wildman–Crippen MR) is 126 cm³/mol. The van der Waals surface area contributed by atoms with E-state index in [0.717, 1.165) is 30.4 Å². The van der Waals surface area contributed by atoms with Crippen LogP contribution in [0.2, 0.25) is 0 Å². The molecule has 2 unspecified atom stereocenters. The molecule has 1 saturated heterocycles. The molecule has 1 heterocycles. The van der Waals surface area contributed by atoms with Crippen LogP contribution < -0.4 is 5.32 Å². The summed E-state index contributed by atoms with van der Waals surface area (Å²) in [6, 6.07) is 16.0. The van der Waals surface area contributed by atoms with Crippen molar-refractivity contribution in [3.05, 3.63) is 59.7 Å². The number of nitrogens with one attached hydrogen (secondary N) is 1. The third kappa shape index (κ3) is 4.15. The molecular formula is C27H30N2O5. The van der Waals surface area contributed by atoms with Crippen LogP contribution in [0.25, 0.3) is 11.1 Å². The number of likely N-dealkylation sites (tertiary alicyclic amines) is 1. The molecule has 2 atom stereocenters. The molecule has 3 aliphatic rings. The maximum absolute atomic E-state index is 12.7. The van der Waals surface area contributed by atoms with Gasteiger partial charge in [0.1, 0.15) is 6.61 Å². The van der Waals surface area contributed by atoms with E-state index in [-0.39, 0.29) is 42.2 Å². The summed E-state index contributed by atoms with van der Waals surface area (Å²) < 4.78 is 5.58. The number of ether oxygens (including phenoxy) is 1. The van der Waals surface area contributed by atoms with Gasteiger partial charge in [-0.1, -0.05) is 48.5 Å². The molecule has 0 aromatic heterocycles. The maximum atomic E-state index is 12.7. The Morgan fingerprint density at radius 3 is 2.21 bits per heavy atom. The van der Waals surface area contributed by atoms with Crippen molar-refractivity contribution in [3.63, 3.8) is 0 Å². The first-order valence-electron chi connectivity index (χ1n) is 12.0. The van der Waals surface area contributed by atoms with Crippen LogP contribution in [0, 0.1) is 11.3 Å². The molecule has 0 bridgehead atoms. The molecule has 2 amide bonds. The number of benzene rings is 2. The Bertz CT molecular complexity index is 1080. The van der Waals surface area contributed by atoms with Crippen molar-refractivity contribution in [3.8, 4) is 11.1 Å². The Morgan fingerprint density at radius 1 is 1.06 bits per heavy atom. The lowest BCUT2D eigenvalue weighted by Crippen LogP contribution is -2.43. The molecule has 2 fully saturated rings. The lowest BCUT2D eigenvalue weighted by molar-refractivity contribution is -0.139. The highest BCUT2D eigenvalue weighted by Gasteiger charge is 2.59. The van der Waals surface area contributed by atoms with Gasteiger partial charge in [0, 0.05) is 31.5 Å². The number of carboxylic acid groups (broad SMARTS) is 1. The molecule has 34 heavy (non-hydrogen) atoms. The number of carbonyl (C=O) groups is 3. The molecule has 1 saturated carbocycles. The number of alkyl carbamates (subject to hydrolysis) is 1. The molecule has 7 nitrogen and oxygen atoms in total. The van der Waals surface area contributed by atoms with E-state index in [1.54, 1.807) is 11.8 Å². The van der Waals surface area contributed by atoms with E-state index in [1.807, 2.05) is 24.3 Å². The van der Waals surface area contributed by atoms with E-state index in [9.17, 15) is 19.5 Å². The standard InChI is InChI=1S/C27H30N2O5/c1-17(14-24(30)29-12-10-27(11-13-29)15-23(27)25(31)32)28-26(33)34-16-22-20-8-4-2-6-18(20)19-7-3-5-9-21(19)22/h2-9,17,22-23H,10-16H2,1H3,(H,28,33)(H,31,32). The summed E-state index contributed by atoms with van der Waals surface area (Å²) in [6.07, 6.45) is 1.87. The SMILES string of the molecule is CC(CC(=O)N1CCC2(CC1)CC2C(=O)O)NC(=O)OCC1c2ccccc2-c2ccccc21. The summed E-state index contributed by atoms with van der Waals surface area (Å²) in [5, 5.41) is 12.0. The van der Waals surface area contributed by atoms with E-state index >= 15 is 0 Å². The van der Waals surface area contributed by atoms with Crippen molar-refractivity contribution in [1.82, 2.24) is 10.2 Å². The Labute approximate surface area is 199 Å². The highest BCUT2D eigenvalue weighted by atomic mass is 16.5. The quantitative estimate of drug-likeness (QED) is 0.676. The van der Waals surface area contributed by atoms with Gasteiger partial charge in [0.15, 0.2) is 0 Å². The van der Waals surface area contributed by atoms with E-state index in [4.69, 9.17) is 4.74 Å². The van der Waals surface area contributed by atoms with Crippen molar-refractivity contribution in [2.75, 3.05) is 19.7 Å². The molecule has 0 radical (unpaired) electrons. The summed E-state index contributed by atoms with van der Waals surface area (Å²) in [4.78, 5) is 38.2. The summed E-state index contributed by atoms with van der Waals surface area (Å²) in [5.41, 5.74) is 4.56. The number of fused-ring (bicyclic) bond motifs is 3. The largest absolute Gasteiger partial charge is 0.481 e. The zero-order valence-corrected chi connectivity index (χ0v) is 19.3. The van der Waals surface area contributed by atoms with E-state index in [0.29, 0.717) is 13.1 Å². The zero-order chi connectivity index (χ0) is 23.9. The highest BCUT2D eigenvalue weighted by molar-refractivity contribution is 5.80. The lowest BCUT2D eigenvalue weighted by atomic mass is 9.90. The Balaban J connectivity index is 1.10. The van der Waals surface area contributed by atoms with Crippen molar-refractivity contribution < 1.29 is 24.2 Å². The monoisotopic (exact) mass is 462 g/mol. The van der Waals surface area contributed by atoms with Gasteiger partial charge in [0.2, 0.25) is 5.91 Å². The van der Waals surface area contributed by atoms with Crippen molar-refractivity contribution in [1.29, 1.82) is 0 Å². The summed E-state index contributed by atoms with van der Waals surface area (Å²) in [7, 11) is 0. The number of carboxylic acids is 1. The third-order valence-corrected chi connectivity index (χ3v) is 7.79. The minimum absolute atomic E-state index is 0.00666. The van der Waals surface area contributed by atoms with Gasteiger partial charge >= 0.3 is 12.1 Å². The fourth-order valence-electron chi connectivity index (χ4n) is 5.73. The van der Waals surface area contributed by atoms with Gasteiger partial charge in [0.05, 0.1) is 5.92 Å². The average Bonchev–Trinajstić information content (AvgIpc) is 3.43. The normalized spacial score (nSPS) is 20.9. The van der Waals surface area contributed by atoms with E-state index in [1.165, 1.54) is 11.1 Å². The van der Waals surface area contributed by atoms with Crippen LogP contribution >= 0.6 is 0 Å². The van der Waals surface area contributed by atoms with Gasteiger partial charge in [-0.05, 0) is 53.9 Å². The molecule has 2 aromatic rings. The number of piperidine rings is 1. The Hall–Kier alpha value is -3.35. The van der Waals surface area contributed by atoms with Crippen LogP contribution in [0.1, 0.15) is 49.7 Å². The number of hydrogen-bond donors (Lipinski definition) is 2. The summed E-state index contributed by atoms with van der Waals surface area (Å²) >= 11 is 0. The number of amides is 2. The lowest BCUT2D eigenvalue weighted by Gasteiger charge is -2.33. The summed E-state index contributed by atoms with van der Waals surface area (Å²) in [6.45, 7) is 3.20. The second kappa shape index (κ2) is 8.78. The van der Waals surface area contributed by atoms with Crippen molar-refractivity contribution >= 4 is 18.0 Å². The van der Waals surface area contributed by atoms with Gasteiger partial charge in [-0.3, -0.25) is 9.59 Å². The van der Waals surface area contributed by atoms with Gasteiger partial charge in [-0.2, -0.15) is 0 Å². The maximum Gasteiger partial charge on any atom is 0.407 e. The first-order chi connectivity index (χ1) is 16.4. The van der Waals surface area contributed by atoms with Gasteiger partial charge in [-0.25, -0.2) is 4.79 Å². The van der Waals surface area contributed by atoms with Crippen LogP contribution in [-0.4, -0.2) is 53.7 Å². The molecule has 2 N–H and O–H groups in total. The second-order valence-electron chi connectivity index (χ2n) is 9.91. The van der Waals surface area contributed by atoms with Gasteiger partial charge in [-0.15, -0.1) is 0 Å². The van der Waals surface area contributed by atoms with Crippen LogP contribution in [0.3, 0.4) is 0 Å². The third-order valence-electron chi connectivity index (χ3n) is 7.79. The van der Waals surface area contributed by atoms with Crippen LogP contribution in [0.15, 0.2) is 48.5 Å². The van der Waals surface area contributed by atoms with Gasteiger partial charge in [0.25, 0.3) is 0 Å². The molecular weight excluding hydrogens is 432 g/mol. The summed E-state index contributed by atoms with van der Waals surface area (Å²) in [5.74, 6) is -0.999. The van der Waals surface area contributed by atoms with Crippen LogP contribution in [0.4, 0.5) is 4.79 Å². The number of rotatable bonds is 6. The smallest absolute Gasteiger partial charge is 0.407 e. The topological polar surface area (TPSA) is 95.9 Å². The first kappa shape index (κ1) is 22.4. The number of aliphatic carboxylic acids is 1. The fourth-order valence-corrected chi connectivity index (χ4v) is 5.73. The minimum atomic E-state index is -0.722. The van der Waals surface area contributed by atoms with Gasteiger partial charge < -0.3 is 20.1 Å². The average molecular weight is 463 g/mol. The zero-order valence-electron chi connectivity index (χ0n) is 19.3. The molecule has 178 valence electrons. The molecule has 2 aromatic carbocycles. The molecule has 5 rings (SSSR count). The molecule has 2 aliphatic carbocycles. The highest BCUT2D eigenvalue weighted by Crippen LogP contribution is 2.59.